The fourth-order valence-corrected chi connectivity index (χ4v) is 1.65. The Labute approximate surface area is 107 Å². The van der Waals surface area contributed by atoms with Gasteiger partial charge in [-0.15, -0.1) is 0 Å². The van der Waals surface area contributed by atoms with Gasteiger partial charge in [0.25, 0.3) is 5.69 Å². The van der Waals surface area contributed by atoms with Gasteiger partial charge in [0.15, 0.2) is 0 Å². The Kier molecular flexibility index (Phi) is 6.14. The average molecular weight is 252 g/mol. The van der Waals surface area contributed by atoms with Gasteiger partial charge < -0.3 is 10.1 Å². The quantitative estimate of drug-likeness (QED) is 0.438. The lowest BCUT2D eigenvalue weighted by Gasteiger charge is -2.08. The molecule has 0 saturated heterocycles. The molecule has 0 aromatic heterocycles. The molecule has 0 bridgehead atoms. The van der Waals surface area contributed by atoms with Gasteiger partial charge in [0, 0.05) is 18.7 Å². The predicted molar refractivity (Wildman–Crippen MR) is 72.1 cm³/mol. The molecule has 0 aliphatic carbocycles. The van der Waals surface area contributed by atoms with Crippen LogP contribution in [0.25, 0.3) is 0 Å². The number of para-hydroxylation sites is 1. The molecule has 100 valence electrons. The molecule has 0 spiro atoms. The normalized spacial score (nSPS) is 10.3. The van der Waals surface area contributed by atoms with Crippen molar-refractivity contribution in [3.8, 4) is 0 Å². The lowest BCUT2D eigenvalue weighted by atomic mass is 10.1. The molecule has 5 nitrogen and oxygen atoms in total. The SMILES string of the molecule is CCCCOCCNc1cccc(C)c1[N+](=O)[O-]. The number of nitro benzene ring substituents is 1. The summed E-state index contributed by atoms with van der Waals surface area (Å²) >= 11 is 0. The molecule has 0 radical (unpaired) electrons. The predicted octanol–water partition coefficient (Wildman–Crippen LogP) is 3.13. The van der Waals surface area contributed by atoms with Crippen LogP contribution in [-0.2, 0) is 4.74 Å². The van der Waals surface area contributed by atoms with E-state index in [4.69, 9.17) is 4.74 Å². The second-order valence-corrected chi connectivity index (χ2v) is 4.12. The molecule has 0 unspecified atom stereocenters. The third-order valence-electron chi connectivity index (χ3n) is 2.62. The number of hydrogen-bond donors (Lipinski definition) is 1. The highest BCUT2D eigenvalue weighted by atomic mass is 16.6. The standard InChI is InChI=1S/C13H20N2O3/c1-3-4-9-18-10-8-14-12-7-5-6-11(2)13(12)15(16)17/h5-7,14H,3-4,8-10H2,1-2H3. The first-order valence-electron chi connectivity index (χ1n) is 6.22. The van der Waals surface area contributed by atoms with Gasteiger partial charge in [0.1, 0.15) is 5.69 Å². The van der Waals surface area contributed by atoms with E-state index >= 15 is 0 Å². The van der Waals surface area contributed by atoms with E-state index in [1.165, 1.54) is 0 Å². The molecule has 0 aliphatic heterocycles. The Morgan fingerprint density at radius 2 is 2.17 bits per heavy atom. The lowest BCUT2D eigenvalue weighted by molar-refractivity contribution is -0.384. The molecule has 1 N–H and O–H groups in total. The molecule has 1 aromatic carbocycles. The van der Waals surface area contributed by atoms with Crippen LogP contribution in [0.3, 0.4) is 0 Å². The summed E-state index contributed by atoms with van der Waals surface area (Å²) in [5.74, 6) is 0. The summed E-state index contributed by atoms with van der Waals surface area (Å²) < 4.78 is 5.39. The number of nitrogens with zero attached hydrogens (tertiary/aromatic N) is 1. The second-order valence-electron chi connectivity index (χ2n) is 4.12. The number of anilines is 1. The topological polar surface area (TPSA) is 64.4 Å². The summed E-state index contributed by atoms with van der Waals surface area (Å²) in [5, 5.41) is 14.0. The van der Waals surface area contributed by atoms with E-state index < -0.39 is 0 Å². The number of hydrogen-bond acceptors (Lipinski definition) is 4. The Balaban J connectivity index is 2.47. The van der Waals surface area contributed by atoms with Gasteiger partial charge in [-0.3, -0.25) is 10.1 Å². The molecular formula is C13H20N2O3. The van der Waals surface area contributed by atoms with Crippen LogP contribution >= 0.6 is 0 Å². The third-order valence-corrected chi connectivity index (χ3v) is 2.62. The highest BCUT2D eigenvalue weighted by Crippen LogP contribution is 2.27. The first-order valence-corrected chi connectivity index (χ1v) is 6.22. The summed E-state index contributed by atoms with van der Waals surface area (Å²) in [6.07, 6.45) is 2.15. The zero-order valence-corrected chi connectivity index (χ0v) is 10.9. The fourth-order valence-electron chi connectivity index (χ4n) is 1.65. The Morgan fingerprint density at radius 3 is 2.83 bits per heavy atom. The summed E-state index contributed by atoms with van der Waals surface area (Å²) in [6, 6.07) is 5.26. The molecular weight excluding hydrogens is 232 g/mol. The molecule has 1 rings (SSSR count). The summed E-state index contributed by atoms with van der Waals surface area (Å²) in [6.45, 7) is 5.73. The van der Waals surface area contributed by atoms with Crippen molar-refractivity contribution in [3.05, 3.63) is 33.9 Å². The number of unbranched alkanes of at least 4 members (excludes halogenated alkanes) is 1. The van der Waals surface area contributed by atoms with E-state index in [1.807, 2.05) is 6.07 Å². The summed E-state index contributed by atoms with van der Waals surface area (Å²) in [5.41, 5.74) is 1.36. The summed E-state index contributed by atoms with van der Waals surface area (Å²) in [7, 11) is 0. The Morgan fingerprint density at radius 1 is 1.39 bits per heavy atom. The zero-order chi connectivity index (χ0) is 13.4. The van der Waals surface area contributed by atoms with Gasteiger partial charge in [-0.05, 0) is 19.4 Å². The van der Waals surface area contributed by atoms with Crippen molar-refractivity contribution in [3.63, 3.8) is 0 Å². The van der Waals surface area contributed by atoms with Gasteiger partial charge in [-0.1, -0.05) is 25.5 Å². The minimum Gasteiger partial charge on any atom is -0.380 e. The highest BCUT2D eigenvalue weighted by molar-refractivity contribution is 5.64. The van der Waals surface area contributed by atoms with E-state index in [0.717, 1.165) is 19.4 Å². The minimum absolute atomic E-state index is 0.144. The minimum atomic E-state index is -0.352. The van der Waals surface area contributed by atoms with Gasteiger partial charge in [0.2, 0.25) is 0 Å². The first kappa shape index (κ1) is 14.4. The summed E-state index contributed by atoms with van der Waals surface area (Å²) in [4.78, 5) is 10.6. The molecule has 0 atom stereocenters. The van der Waals surface area contributed by atoms with Crippen LogP contribution in [0.4, 0.5) is 11.4 Å². The van der Waals surface area contributed by atoms with Crippen LogP contribution in [0.15, 0.2) is 18.2 Å². The molecule has 0 fully saturated rings. The number of rotatable bonds is 8. The number of nitrogens with one attached hydrogen (secondary N) is 1. The van der Waals surface area contributed by atoms with Crippen LogP contribution in [0.2, 0.25) is 0 Å². The van der Waals surface area contributed by atoms with Crippen LogP contribution in [0.5, 0.6) is 0 Å². The van der Waals surface area contributed by atoms with E-state index in [0.29, 0.717) is 24.4 Å². The van der Waals surface area contributed by atoms with Crippen molar-refractivity contribution in [2.24, 2.45) is 0 Å². The number of aryl methyl sites for hydroxylation is 1. The zero-order valence-electron chi connectivity index (χ0n) is 10.9. The molecule has 0 aliphatic rings. The van der Waals surface area contributed by atoms with E-state index in [-0.39, 0.29) is 10.6 Å². The van der Waals surface area contributed by atoms with E-state index in [1.54, 1.807) is 19.1 Å². The van der Waals surface area contributed by atoms with E-state index in [9.17, 15) is 10.1 Å². The lowest BCUT2D eigenvalue weighted by Crippen LogP contribution is -2.11. The number of nitro groups is 1. The van der Waals surface area contributed by atoms with E-state index in [2.05, 4.69) is 12.2 Å². The van der Waals surface area contributed by atoms with Gasteiger partial charge in [-0.25, -0.2) is 0 Å². The van der Waals surface area contributed by atoms with Crippen LogP contribution in [0, 0.1) is 17.0 Å². The third kappa shape index (κ3) is 4.33. The monoisotopic (exact) mass is 252 g/mol. The fraction of sp³-hybridized carbons (Fsp3) is 0.538. The maximum atomic E-state index is 11.0. The molecule has 5 heteroatoms. The van der Waals surface area contributed by atoms with Gasteiger partial charge in [0.05, 0.1) is 11.5 Å². The Hall–Kier alpha value is -1.62. The molecule has 1 aromatic rings. The first-order chi connectivity index (χ1) is 8.66. The van der Waals surface area contributed by atoms with Gasteiger partial charge in [-0.2, -0.15) is 0 Å². The molecule has 0 saturated carbocycles. The number of benzene rings is 1. The van der Waals surface area contributed by atoms with Crippen molar-refractivity contribution in [2.75, 3.05) is 25.1 Å². The van der Waals surface area contributed by atoms with Crippen molar-refractivity contribution in [1.29, 1.82) is 0 Å². The maximum absolute atomic E-state index is 11.0. The number of ether oxygens (including phenoxy) is 1. The van der Waals surface area contributed by atoms with Crippen molar-refractivity contribution < 1.29 is 9.66 Å². The smallest absolute Gasteiger partial charge is 0.295 e. The molecule has 0 heterocycles. The van der Waals surface area contributed by atoms with Crippen LogP contribution < -0.4 is 5.32 Å². The average Bonchev–Trinajstić information content (AvgIpc) is 2.33. The van der Waals surface area contributed by atoms with Crippen molar-refractivity contribution in [2.45, 2.75) is 26.7 Å². The van der Waals surface area contributed by atoms with Gasteiger partial charge >= 0.3 is 0 Å². The van der Waals surface area contributed by atoms with Crippen molar-refractivity contribution >= 4 is 11.4 Å². The van der Waals surface area contributed by atoms with Crippen LogP contribution in [0.1, 0.15) is 25.3 Å². The van der Waals surface area contributed by atoms with Crippen LogP contribution in [-0.4, -0.2) is 24.7 Å². The van der Waals surface area contributed by atoms with Crippen molar-refractivity contribution in [1.82, 2.24) is 0 Å². The second kappa shape index (κ2) is 7.66. The maximum Gasteiger partial charge on any atom is 0.295 e. The molecule has 0 amide bonds. The Bertz CT molecular complexity index is 394. The largest absolute Gasteiger partial charge is 0.380 e. The highest BCUT2D eigenvalue weighted by Gasteiger charge is 2.15. The molecule has 18 heavy (non-hydrogen) atoms.